The Morgan fingerprint density at radius 3 is 2.59 bits per heavy atom. The van der Waals surface area contributed by atoms with E-state index >= 15 is 0 Å². The maximum atomic E-state index is 14.3. The molecule has 1 aromatic heterocycles. The van der Waals surface area contributed by atoms with E-state index in [1.165, 1.54) is 19.4 Å². The zero-order valence-corrected chi connectivity index (χ0v) is 15.7. The summed E-state index contributed by atoms with van der Waals surface area (Å²) in [7, 11) is 1.49. The van der Waals surface area contributed by atoms with Gasteiger partial charge in [0.15, 0.2) is 0 Å². The Balaban J connectivity index is 2.05. The number of alkyl carbamates (subject to hydrolysis) is 1. The van der Waals surface area contributed by atoms with Crippen molar-refractivity contribution in [3.05, 3.63) is 47.5 Å². The second-order valence-corrected chi connectivity index (χ2v) is 6.79. The normalized spacial score (nSPS) is 11.0. The Kier molecular flexibility index (Phi) is 6.55. The summed E-state index contributed by atoms with van der Waals surface area (Å²) < 4.78 is 37.6. The zero-order valence-electron chi connectivity index (χ0n) is 15.7. The summed E-state index contributed by atoms with van der Waals surface area (Å²) in [6, 6.07) is 6.10. The van der Waals surface area contributed by atoms with Gasteiger partial charge in [-0.25, -0.2) is 13.6 Å². The lowest BCUT2D eigenvalue weighted by Gasteiger charge is -2.19. The van der Waals surface area contributed by atoms with Gasteiger partial charge in [-0.2, -0.15) is 0 Å². The molecular weight excluding hydrogens is 356 g/mol. The summed E-state index contributed by atoms with van der Waals surface area (Å²) in [5.41, 5.74) is 0.640. The fraction of sp³-hybridized carbons (Fsp3) is 0.368. The third-order valence-electron chi connectivity index (χ3n) is 3.45. The molecule has 2 N–H and O–H groups in total. The van der Waals surface area contributed by atoms with Crippen LogP contribution in [0.5, 0.6) is 5.75 Å². The number of halogens is 2. The standard InChI is InChI=1S/C19H23F2N3O3/c1-19(2,3)27-18(25)23-11-17-15(21)8-13(10-22-17)24-16-6-5-14(26-4)7-12(16)9-20/h5-8,10,24H,9,11H2,1-4H3,(H,23,25). The van der Waals surface area contributed by atoms with Crippen molar-refractivity contribution in [1.82, 2.24) is 10.3 Å². The van der Waals surface area contributed by atoms with Crippen LogP contribution in [0.25, 0.3) is 0 Å². The van der Waals surface area contributed by atoms with Crippen LogP contribution in [0.2, 0.25) is 0 Å². The highest BCUT2D eigenvalue weighted by molar-refractivity contribution is 5.67. The topological polar surface area (TPSA) is 72.5 Å². The number of ether oxygens (including phenoxy) is 2. The molecule has 0 unspecified atom stereocenters. The van der Waals surface area contributed by atoms with Crippen LogP contribution < -0.4 is 15.4 Å². The minimum atomic E-state index is -0.701. The van der Waals surface area contributed by atoms with Crippen LogP contribution in [0.3, 0.4) is 0 Å². The van der Waals surface area contributed by atoms with Gasteiger partial charge in [0.1, 0.15) is 23.8 Å². The van der Waals surface area contributed by atoms with Gasteiger partial charge in [0.2, 0.25) is 0 Å². The van der Waals surface area contributed by atoms with Crippen LogP contribution in [-0.2, 0) is 18.0 Å². The largest absolute Gasteiger partial charge is 0.497 e. The predicted molar refractivity (Wildman–Crippen MR) is 98.4 cm³/mol. The summed E-state index contributed by atoms with van der Waals surface area (Å²) in [6.45, 7) is 4.39. The molecule has 1 amide bonds. The van der Waals surface area contributed by atoms with Crippen LogP contribution in [0, 0.1) is 5.82 Å². The first-order valence-electron chi connectivity index (χ1n) is 8.33. The highest BCUT2D eigenvalue weighted by Crippen LogP contribution is 2.26. The number of pyridine rings is 1. The van der Waals surface area contributed by atoms with E-state index in [9.17, 15) is 13.6 Å². The van der Waals surface area contributed by atoms with Crippen molar-refractivity contribution >= 4 is 17.5 Å². The number of rotatable bonds is 6. The number of amides is 1. The van der Waals surface area contributed by atoms with Crippen molar-refractivity contribution in [3.8, 4) is 5.75 Å². The number of carbonyl (C=O) groups excluding carboxylic acids is 1. The molecule has 2 rings (SSSR count). The van der Waals surface area contributed by atoms with Gasteiger partial charge in [0.05, 0.1) is 31.2 Å². The number of carbonyl (C=O) groups is 1. The van der Waals surface area contributed by atoms with Crippen molar-refractivity contribution in [2.45, 2.75) is 39.6 Å². The van der Waals surface area contributed by atoms with E-state index in [4.69, 9.17) is 9.47 Å². The maximum absolute atomic E-state index is 14.3. The first-order valence-corrected chi connectivity index (χ1v) is 8.33. The van der Waals surface area contributed by atoms with E-state index in [0.717, 1.165) is 0 Å². The molecule has 146 valence electrons. The van der Waals surface area contributed by atoms with E-state index in [0.29, 0.717) is 22.7 Å². The van der Waals surface area contributed by atoms with Crippen molar-refractivity contribution in [2.75, 3.05) is 12.4 Å². The molecule has 0 spiro atoms. The summed E-state index contributed by atoms with van der Waals surface area (Å²) in [5.74, 6) is -0.0764. The molecule has 0 aliphatic heterocycles. The summed E-state index contributed by atoms with van der Waals surface area (Å²) in [6.07, 6.45) is 0.748. The molecule has 0 aliphatic carbocycles. The van der Waals surface area contributed by atoms with Gasteiger partial charge in [-0.3, -0.25) is 4.98 Å². The quantitative estimate of drug-likeness (QED) is 0.775. The lowest BCUT2D eigenvalue weighted by atomic mass is 10.1. The molecule has 6 nitrogen and oxygen atoms in total. The van der Waals surface area contributed by atoms with Gasteiger partial charge in [-0.1, -0.05) is 0 Å². The van der Waals surface area contributed by atoms with E-state index in [2.05, 4.69) is 15.6 Å². The lowest BCUT2D eigenvalue weighted by molar-refractivity contribution is 0.0522. The highest BCUT2D eigenvalue weighted by Gasteiger charge is 2.16. The highest BCUT2D eigenvalue weighted by atomic mass is 19.1. The van der Waals surface area contributed by atoms with Crippen LogP contribution in [0.4, 0.5) is 25.0 Å². The predicted octanol–water partition coefficient (Wildman–Crippen LogP) is 4.47. The number of alkyl halides is 1. The third-order valence-corrected chi connectivity index (χ3v) is 3.45. The molecule has 1 aromatic carbocycles. The Morgan fingerprint density at radius 2 is 2.00 bits per heavy atom. The SMILES string of the molecule is COc1ccc(Nc2cnc(CNC(=O)OC(C)(C)C)c(F)c2)c(CF)c1. The number of hydrogen-bond donors (Lipinski definition) is 2. The summed E-state index contributed by atoms with van der Waals surface area (Å²) >= 11 is 0. The molecule has 0 radical (unpaired) electrons. The van der Waals surface area contributed by atoms with E-state index in [-0.39, 0.29) is 12.2 Å². The third kappa shape index (κ3) is 6.09. The van der Waals surface area contributed by atoms with E-state index in [1.54, 1.807) is 39.0 Å². The monoisotopic (exact) mass is 379 g/mol. The molecule has 27 heavy (non-hydrogen) atoms. The second kappa shape index (κ2) is 8.66. The molecule has 2 aromatic rings. The van der Waals surface area contributed by atoms with Crippen LogP contribution in [0.1, 0.15) is 32.0 Å². The molecule has 0 aliphatic rings. The first kappa shape index (κ1) is 20.4. The van der Waals surface area contributed by atoms with E-state index < -0.39 is 24.2 Å². The van der Waals surface area contributed by atoms with E-state index in [1.807, 2.05) is 0 Å². The van der Waals surface area contributed by atoms with Crippen molar-refractivity contribution in [3.63, 3.8) is 0 Å². The number of anilines is 2. The van der Waals surface area contributed by atoms with Gasteiger partial charge < -0.3 is 20.1 Å². The average molecular weight is 379 g/mol. The minimum absolute atomic E-state index is 0.0619. The summed E-state index contributed by atoms with van der Waals surface area (Å²) in [4.78, 5) is 15.6. The molecule has 0 fully saturated rings. The minimum Gasteiger partial charge on any atom is -0.497 e. The van der Waals surface area contributed by atoms with Gasteiger partial charge in [-0.05, 0) is 39.0 Å². The smallest absolute Gasteiger partial charge is 0.407 e. The average Bonchev–Trinajstić information content (AvgIpc) is 2.60. The lowest BCUT2D eigenvalue weighted by Crippen LogP contribution is -2.32. The Morgan fingerprint density at radius 1 is 1.26 bits per heavy atom. The second-order valence-electron chi connectivity index (χ2n) is 6.79. The van der Waals surface area contributed by atoms with Gasteiger partial charge in [0, 0.05) is 17.3 Å². The zero-order chi connectivity index (χ0) is 20.0. The van der Waals surface area contributed by atoms with Gasteiger partial charge in [0.25, 0.3) is 0 Å². The number of hydrogen-bond acceptors (Lipinski definition) is 5. The Labute approximate surface area is 156 Å². The molecule has 8 heteroatoms. The summed E-state index contributed by atoms with van der Waals surface area (Å²) in [5, 5.41) is 5.38. The molecule has 0 saturated carbocycles. The Bertz CT molecular complexity index is 807. The van der Waals surface area contributed by atoms with Crippen LogP contribution >= 0.6 is 0 Å². The number of methoxy groups -OCH3 is 1. The number of benzene rings is 1. The van der Waals surface area contributed by atoms with Crippen molar-refractivity contribution in [2.24, 2.45) is 0 Å². The van der Waals surface area contributed by atoms with Gasteiger partial charge in [-0.15, -0.1) is 0 Å². The molecule has 0 saturated heterocycles. The molecule has 0 bridgehead atoms. The van der Waals surface area contributed by atoms with Gasteiger partial charge >= 0.3 is 6.09 Å². The van der Waals surface area contributed by atoms with Crippen molar-refractivity contribution in [1.29, 1.82) is 0 Å². The Hall–Kier alpha value is -2.90. The number of nitrogens with one attached hydrogen (secondary N) is 2. The number of aromatic nitrogens is 1. The fourth-order valence-electron chi connectivity index (χ4n) is 2.22. The molecular formula is C19H23F2N3O3. The van der Waals surface area contributed by atoms with Crippen LogP contribution in [-0.4, -0.2) is 23.8 Å². The molecule has 1 heterocycles. The first-order chi connectivity index (χ1) is 12.7. The fourth-order valence-corrected chi connectivity index (χ4v) is 2.22. The molecule has 0 atom stereocenters. The van der Waals surface area contributed by atoms with Crippen molar-refractivity contribution < 1.29 is 23.0 Å². The number of nitrogens with zero attached hydrogens (tertiary/aromatic N) is 1. The maximum Gasteiger partial charge on any atom is 0.407 e. The van der Waals surface area contributed by atoms with Crippen LogP contribution in [0.15, 0.2) is 30.5 Å².